The number of pyridine rings is 1. The Morgan fingerprint density at radius 3 is 2.05 bits per heavy atom. The van der Waals surface area contributed by atoms with Gasteiger partial charge in [0.15, 0.2) is 5.43 Å². The lowest BCUT2D eigenvalue weighted by atomic mass is 10.1. The SMILES string of the molecule is O=c1c2ccccc2n(CCOCCO)c2ccccc12. The molecule has 0 atom stereocenters. The topological polar surface area (TPSA) is 51.5 Å². The Hall–Kier alpha value is -2.17. The molecule has 2 aromatic carbocycles. The van der Waals surface area contributed by atoms with Crippen molar-refractivity contribution in [3.63, 3.8) is 0 Å². The first kappa shape index (κ1) is 13.8. The molecule has 4 heteroatoms. The summed E-state index contributed by atoms with van der Waals surface area (Å²) in [5, 5.41) is 10.2. The molecule has 4 nitrogen and oxygen atoms in total. The summed E-state index contributed by atoms with van der Waals surface area (Å²) < 4.78 is 7.47. The second-order valence-corrected chi connectivity index (χ2v) is 4.85. The number of ether oxygens (including phenoxy) is 1. The standard InChI is InChI=1S/C17H17NO3/c19-10-12-21-11-9-18-15-7-3-1-5-13(15)17(20)14-6-2-4-8-16(14)18/h1-8,19H,9-12H2. The highest BCUT2D eigenvalue weighted by Gasteiger charge is 2.09. The molecular weight excluding hydrogens is 266 g/mol. The molecular formula is C17H17NO3. The average Bonchev–Trinajstić information content (AvgIpc) is 2.54. The van der Waals surface area contributed by atoms with Gasteiger partial charge in [-0.25, -0.2) is 0 Å². The first-order chi connectivity index (χ1) is 10.3. The molecule has 1 heterocycles. The Kier molecular flexibility index (Phi) is 3.99. The normalized spacial score (nSPS) is 11.3. The van der Waals surface area contributed by atoms with Gasteiger partial charge in [0, 0.05) is 17.3 Å². The summed E-state index contributed by atoms with van der Waals surface area (Å²) in [4.78, 5) is 12.5. The minimum atomic E-state index is 0.0195. The molecule has 0 bridgehead atoms. The maximum atomic E-state index is 12.5. The van der Waals surface area contributed by atoms with Crippen LogP contribution < -0.4 is 5.43 Å². The number of para-hydroxylation sites is 2. The smallest absolute Gasteiger partial charge is 0.197 e. The van der Waals surface area contributed by atoms with Gasteiger partial charge < -0.3 is 14.4 Å². The molecule has 21 heavy (non-hydrogen) atoms. The minimum Gasteiger partial charge on any atom is -0.394 e. The predicted molar refractivity (Wildman–Crippen MR) is 83.6 cm³/mol. The van der Waals surface area contributed by atoms with Crippen LogP contribution in [0.1, 0.15) is 0 Å². The third-order valence-corrected chi connectivity index (χ3v) is 3.57. The molecule has 0 spiro atoms. The zero-order chi connectivity index (χ0) is 14.7. The molecule has 1 aromatic heterocycles. The molecule has 0 aliphatic carbocycles. The molecule has 0 unspecified atom stereocenters. The zero-order valence-corrected chi connectivity index (χ0v) is 11.7. The van der Waals surface area contributed by atoms with Crippen LogP contribution in [0.2, 0.25) is 0 Å². The maximum absolute atomic E-state index is 12.5. The highest BCUT2D eigenvalue weighted by atomic mass is 16.5. The third-order valence-electron chi connectivity index (χ3n) is 3.57. The van der Waals surface area contributed by atoms with Crippen LogP contribution in [0.15, 0.2) is 53.3 Å². The van der Waals surface area contributed by atoms with Crippen LogP contribution in [0.25, 0.3) is 21.8 Å². The van der Waals surface area contributed by atoms with Gasteiger partial charge in [-0.2, -0.15) is 0 Å². The monoisotopic (exact) mass is 283 g/mol. The van der Waals surface area contributed by atoms with Gasteiger partial charge in [-0.05, 0) is 24.3 Å². The Bertz CT molecular complexity index is 763. The van der Waals surface area contributed by atoms with Crippen molar-refractivity contribution in [2.75, 3.05) is 19.8 Å². The van der Waals surface area contributed by atoms with Gasteiger partial charge in [0.25, 0.3) is 0 Å². The van der Waals surface area contributed by atoms with Crippen molar-refractivity contribution in [3.05, 3.63) is 58.8 Å². The van der Waals surface area contributed by atoms with E-state index in [1.165, 1.54) is 0 Å². The summed E-state index contributed by atoms with van der Waals surface area (Å²) in [6.45, 7) is 1.49. The molecule has 0 saturated heterocycles. The number of nitrogens with zero attached hydrogens (tertiary/aromatic N) is 1. The van der Waals surface area contributed by atoms with Crippen LogP contribution in [-0.4, -0.2) is 29.5 Å². The van der Waals surface area contributed by atoms with Crippen LogP contribution in [0.3, 0.4) is 0 Å². The lowest BCUT2D eigenvalue weighted by Crippen LogP contribution is -2.14. The molecule has 3 aromatic rings. The lowest BCUT2D eigenvalue weighted by molar-refractivity contribution is 0.0879. The molecule has 0 radical (unpaired) electrons. The number of aliphatic hydroxyl groups excluding tert-OH is 1. The van der Waals surface area contributed by atoms with Crippen LogP contribution in [0, 0.1) is 0 Å². The van der Waals surface area contributed by atoms with E-state index in [0.29, 0.717) is 19.8 Å². The number of hydrogen-bond acceptors (Lipinski definition) is 3. The number of fused-ring (bicyclic) bond motifs is 2. The summed E-state index contributed by atoms with van der Waals surface area (Å²) in [7, 11) is 0. The fourth-order valence-corrected chi connectivity index (χ4v) is 2.64. The summed E-state index contributed by atoms with van der Waals surface area (Å²) >= 11 is 0. The molecule has 0 amide bonds. The van der Waals surface area contributed by atoms with E-state index in [9.17, 15) is 4.79 Å². The van der Waals surface area contributed by atoms with Gasteiger partial charge in [-0.1, -0.05) is 24.3 Å². The fraction of sp³-hybridized carbons (Fsp3) is 0.235. The van der Waals surface area contributed by atoms with Crippen molar-refractivity contribution in [2.24, 2.45) is 0 Å². The van der Waals surface area contributed by atoms with Gasteiger partial charge in [0.2, 0.25) is 0 Å². The first-order valence-electron chi connectivity index (χ1n) is 7.02. The van der Waals surface area contributed by atoms with Crippen molar-refractivity contribution in [1.29, 1.82) is 0 Å². The fourth-order valence-electron chi connectivity index (χ4n) is 2.64. The van der Waals surface area contributed by atoms with E-state index in [2.05, 4.69) is 4.57 Å². The van der Waals surface area contributed by atoms with Crippen molar-refractivity contribution in [3.8, 4) is 0 Å². The van der Waals surface area contributed by atoms with E-state index in [4.69, 9.17) is 9.84 Å². The van der Waals surface area contributed by atoms with E-state index < -0.39 is 0 Å². The van der Waals surface area contributed by atoms with E-state index in [0.717, 1.165) is 21.8 Å². The Morgan fingerprint density at radius 2 is 1.48 bits per heavy atom. The van der Waals surface area contributed by atoms with Gasteiger partial charge >= 0.3 is 0 Å². The van der Waals surface area contributed by atoms with E-state index in [1.54, 1.807) is 0 Å². The third kappa shape index (κ3) is 2.55. The van der Waals surface area contributed by atoms with Crippen molar-refractivity contribution < 1.29 is 9.84 Å². The molecule has 3 rings (SSSR count). The summed E-state index contributed by atoms with van der Waals surface area (Å²) in [5.74, 6) is 0. The minimum absolute atomic E-state index is 0.0195. The van der Waals surface area contributed by atoms with E-state index in [1.807, 2.05) is 48.5 Å². The zero-order valence-electron chi connectivity index (χ0n) is 11.7. The molecule has 0 aliphatic rings. The molecule has 108 valence electrons. The second-order valence-electron chi connectivity index (χ2n) is 4.85. The number of hydrogen-bond donors (Lipinski definition) is 1. The van der Waals surface area contributed by atoms with Crippen LogP contribution >= 0.6 is 0 Å². The predicted octanol–water partition coefficient (Wildman–Crippen LogP) is 2.16. The first-order valence-corrected chi connectivity index (χ1v) is 7.02. The maximum Gasteiger partial charge on any atom is 0.197 e. The Balaban J connectivity index is 2.18. The summed E-state index contributed by atoms with van der Waals surface area (Å²) in [5.41, 5.74) is 1.89. The summed E-state index contributed by atoms with van der Waals surface area (Å²) in [6.07, 6.45) is 0. The quantitative estimate of drug-likeness (QED) is 0.576. The number of benzene rings is 2. The lowest BCUT2D eigenvalue weighted by Gasteiger charge is -2.15. The largest absolute Gasteiger partial charge is 0.394 e. The number of aliphatic hydroxyl groups is 1. The van der Waals surface area contributed by atoms with Gasteiger partial charge in [0.05, 0.1) is 30.9 Å². The average molecular weight is 283 g/mol. The number of rotatable bonds is 5. The van der Waals surface area contributed by atoms with Gasteiger partial charge in [-0.15, -0.1) is 0 Å². The Morgan fingerprint density at radius 1 is 0.905 bits per heavy atom. The summed E-state index contributed by atoms with van der Waals surface area (Å²) in [6, 6.07) is 15.2. The highest BCUT2D eigenvalue weighted by Crippen LogP contribution is 2.18. The van der Waals surface area contributed by atoms with Gasteiger partial charge in [0.1, 0.15) is 0 Å². The molecule has 0 aliphatic heterocycles. The van der Waals surface area contributed by atoms with Crippen molar-refractivity contribution in [2.45, 2.75) is 6.54 Å². The van der Waals surface area contributed by atoms with Crippen molar-refractivity contribution in [1.82, 2.24) is 4.57 Å². The van der Waals surface area contributed by atoms with Crippen LogP contribution in [0.4, 0.5) is 0 Å². The Labute approximate surface area is 122 Å². The molecule has 0 saturated carbocycles. The number of aromatic nitrogens is 1. The van der Waals surface area contributed by atoms with E-state index in [-0.39, 0.29) is 12.0 Å². The second kappa shape index (κ2) is 6.08. The molecule has 1 N–H and O–H groups in total. The van der Waals surface area contributed by atoms with E-state index >= 15 is 0 Å². The highest BCUT2D eigenvalue weighted by molar-refractivity contribution is 5.93. The molecule has 0 fully saturated rings. The van der Waals surface area contributed by atoms with Crippen LogP contribution in [-0.2, 0) is 11.3 Å². The van der Waals surface area contributed by atoms with Gasteiger partial charge in [-0.3, -0.25) is 4.79 Å². The van der Waals surface area contributed by atoms with Crippen LogP contribution in [0.5, 0.6) is 0 Å². The van der Waals surface area contributed by atoms with Crippen molar-refractivity contribution >= 4 is 21.8 Å².